The zero-order valence-electron chi connectivity index (χ0n) is 5.80. The van der Waals surface area contributed by atoms with Crippen molar-refractivity contribution in [2.24, 2.45) is 0 Å². The van der Waals surface area contributed by atoms with Gasteiger partial charge in [0.25, 0.3) is 0 Å². The van der Waals surface area contributed by atoms with Crippen LogP contribution in [0.1, 0.15) is 12.8 Å². The fourth-order valence-corrected chi connectivity index (χ4v) is 3.58. The highest BCUT2D eigenvalue weighted by Gasteiger charge is 2.13. The van der Waals surface area contributed by atoms with E-state index in [2.05, 4.69) is 12.2 Å². The Morgan fingerprint density at radius 3 is 1.90 bits per heavy atom. The van der Waals surface area contributed by atoms with E-state index in [9.17, 15) is 0 Å². The summed E-state index contributed by atoms with van der Waals surface area (Å²) in [5, 5.41) is 0. The molecule has 0 aromatic heterocycles. The van der Waals surface area contributed by atoms with Gasteiger partial charge in [-0.05, 0) is 12.8 Å². The van der Waals surface area contributed by atoms with E-state index in [1.165, 1.54) is 24.3 Å². The lowest BCUT2D eigenvalue weighted by Crippen LogP contribution is -1.98. The zero-order chi connectivity index (χ0) is 6.81. The van der Waals surface area contributed by atoms with E-state index in [-0.39, 0.29) is 0 Å². The summed E-state index contributed by atoms with van der Waals surface area (Å²) in [4.78, 5) is 3.09. The van der Waals surface area contributed by atoms with Gasteiger partial charge in [0.1, 0.15) is 0 Å². The van der Waals surface area contributed by atoms with Crippen LogP contribution < -0.4 is 0 Å². The van der Waals surface area contributed by atoms with Crippen molar-refractivity contribution in [3.05, 3.63) is 22.0 Å². The first-order valence-electron chi connectivity index (χ1n) is 3.63. The monoisotopic (exact) mass is 170 g/mol. The first-order valence-corrected chi connectivity index (χ1v) is 5.60. The first-order chi connectivity index (χ1) is 4.97. The van der Waals surface area contributed by atoms with Crippen LogP contribution in [-0.4, -0.2) is 11.5 Å². The molecule has 1 saturated heterocycles. The standard InChI is InChI=1S/C8H10S2/c1-2-4-8-7(3-1)9-5-6-10-8/h3-4H,1-2,5-6H2. The molecular weight excluding hydrogens is 160 g/mol. The smallest absolute Gasteiger partial charge is 0.0165 e. The van der Waals surface area contributed by atoms with Crippen molar-refractivity contribution >= 4 is 23.5 Å². The van der Waals surface area contributed by atoms with Gasteiger partial charge in [0, 0.05) is 21.3 Å². The second-order valence-corrected chi connectivity index (χ2v) is 4.68. The molecule has 0 amide bonds. The normalized spacial score (nSPS) is 24.8. The molecule has 0 radical (unpaired) electrons. The SMILES string of the molecule is C1=C2SCCSC2=CCC1. The van der Waals surface area contributed by atoms with Crippen LogP contribution in [0.25, 0.3) is 0 Å². The molecule has 0 aromatic carbocycles. The summed E-state index contributed by atoms with van der Waals surface area (Å²) >= 11 is 4.04. The molecule has 0 saturated carbocycles. The molecule has 2 aliphatic rings. The summed E-state index contributed by atoms with van der Waals surface area (Å²) in [6, 6.07) is 0. The molecule has 1 aliphatic carbocycles. The van der Waals surface area contributed by atoms with Gasteiger partial charge in [-0.2, -0.15) is 0 Å². The second-order valence-electron chi connectivity index (χ2n) is 2.41. The lowest BCUT2D eigenvalue weighted by molar-refractivity contribution is 1.03. The van der Waals surface area contributed by atoms with E-state index in [0.29, 0.717) is 0 Å². The Kier molecular flexibility index (Phi) is 2.10. The molecule has 2 heteroatoms. The highest BCUT2D eigenvalue weighted by molar-refractivity contribution is 8.11. The third-order valence-electron chi connectivity index (χ3n) is 1.67. The van der Waals surface area contributed by atoms with Gasteiger partial charge in [-0.3, -0.25) is 0 Å². The highest BCUT2D eigenvalue weighted by atomic mass is 32.2. The average Bonchev–Trinajstić information content (AvgIpc) is 2.05. The average molecular weight is 170 g/mol. The van der Waals surface area contributed by atoms with E-state index in [1.54, 1.807) is 9.81 Å². The molecule has 0 bridgehead atoms. The van der Waals surface area contributed by atoms with Gasteiger partial charge in [-0.25, -0.2) is 0 Å². The number of hydrogen-bond donors (Lipinski definition) is 0. The Bertz CT molecular complexity index is 169. The van der Waals surface area contributed by atoms with Crippen LogP contribution in [-0.2, 0) is 0 Å². The van der Waals surface area contributed by atoms with Crippen molar-refractivity contribution in [2.45, 2.75) is 12.8 Å². The van der Waals surface area contributed by atoms with Gasteiger partial charge in [0.05, 0.1) is 0 Å². The van der Waals surface area contributed by atoms with Crippen LogP contribution in [0.15, 0.2) is 22.0 Å². The number of fused-ring (bicyclic) bond motifs is 1. The van der Waals surface area contributed by atoms with Crippen molar-refractivity contribution < 1.29 is 0 Å². The number of hydrogen-bond acceptors (Lipinski definition) is 2. The molecule has 1 heterocycles. The fraction of sp³-hybridized carbons (Fsp3) is 0.500. The second kappa shape index (κ2) is 3.05. The lowest BCUT2D eigenvalue weighted by atomic mass is 10.2. The van der Waals surface area contributed by atoms with Gasteiger partial charge in [0.2, 0.25) is 0 Å². The quantitative estimate of drug-likeness (QED) is 0.548. The maximum absolute atomic E-state index is 2.38. The summed E-state index contributed by atoms with van der Waals surface area (Å²) < 4.78 is 0. The van der Waals surface area contributed by atoms with Gasteiger partial charge in [-0.15, -0.1) is 23.5 Å². The zero-order valence-corrected chi connectivity index (χ0v) is 7.43. The summed E-state index contributed by atoms with van der Waals surface area (Å²) in [7, 11) is 0. The van der Waals surface area contributed by atoms with E-state index in [4.69, 9.17) is 0 Å². The Morgan fingerprint density at radius 2 is 1.40 bits per heavy atom. The largest absolute Gasteiger partial charge is 0.124 e. The lowest BCUT2D eigenvalue weighted by Gasteiger charge is -2.19. The van der Waals surface area contributed by atoms with Crippen LogP contribution in [0.4, 0.5) is 0 Å². The van der Waals surface area contributed by atoms with E-state index >= 15 is 0 Å². The molecule has 2 rings (SSSR count). The Balaban J connectivity index is 2.19. The van der Waals surface area contributed by atoms with Crippen LogP contribution in [0, 0.1) is 0 Å². The summed E-state index contributed by atoms with van der Waals surface area (Å²) in [5.74, 6) is 2.60. The van der Waals surface area contributed by atoms with Crippen molar-refractivity contribution in [2.75, 3.05) is 11.5 Å². The van der Waals surface area contributed by atoms with Crippen LogP contribution in [0.5, 0.6) is 0 Å². The minimum absolute atomic E-state index is 1.26. The molecule has 0 aromatic rings. The molecule has 1 fully saturated rings. The predicted octanol–water partition coefficient (Wildman–Crippen LogP) is 3.03. The third-order valence-corrected chi connectivity index (χ3v) is 4.27. The minimum Gasteiger partial charge on any atom is -0.124 e. The Labute approximate surface area is 70.1 Å². The maximum Gasteiger partial charge on any atom is 0.0165 e. The number of rotatable bonds is 0. The number of thioether (sulfide) groups is 2. The third kappa shape index (κ3) is 1.28. The molecule has 54 valence electrons. The molecule has 0 atom stereocenters. The fourth-order valence-electron chi connectivity index (χ4n) is 1.19. The van der Waals surface area contributed by atoms with Crippen molar-refractivity contribution in [1.29, 1.82) is 0 Å². The summed E-state index contributed by atoms with van der Waals surface area (Å²) in [6.07, 6.45) is 7.27. The molecule has 10 heavy (non-hydrogen) atoms. The summed E-state index contributed by atoms with van der Waals surface area (Å²) in [5.41, 5.74) is 0. The Hall–Kier alpha value is 0.180. The van der Waals surface area contributed by atoms with Crippen molar-refractivity contribution in [3.8, 4) is 0 Å². The topological polar surface area (TPSA) is 0 Å². The van der Waals surface area contributed by atoms with Gasteiger partial charge in [-0.1, -0.05) is 12.2 Å². The van der Waals surface area contributed by atoms with E-state index in [1.807, 2.05) is 23.5 Å². The van der Waals surface area contributed by atoms with Gasteiger partial charge >= 0.3 is 0 Å². The predicted molar refractivity (Wildman–Crippen MR) is 50.3 cm³/mol. The molecule has 0 unspecified atom stereocenters. The van der Waals surface area contributed by atoms with Crippen LogP contribution >= 0.6 is 23.5 Å². The van der Waals surface area contributed by atoms with Gasteiger partial charge in [0.15, 0.2) is 0 Å². The van der Waals surface area contributed by atoms with Gasteiger partial charge < -0.3 is 0 Å². The molecule has 0 N–H and O–H groups in total. The molecule has 1 aliphatic heterocycles. The van der Waals surface area contributed by atoms with Crippen LogP contribution in [0.2, 0.25) is 0 Å². The highest BCUT2D eigenvalue weighted by Crippen LogP contribution is 2.40. The van der Waals surface area contributed by atoms with E-state index < -0.39 is 0 Å². The molecule has 0 spiro atoms. The van der Waals surface area contributed by atoms with Crippen molar-refractivity contribution in [1.82, 2.24) is 0 Å². The molecule has 0 nitrogen and oxygen atoms in total. The molecular formula is C8H10S2. The minimum atomic E-state index is 1.26. The maximum atomic E-state index is 2.38. The first kappa shape index (κ1) is 6.86. The van der Waals surface area contributed by atoms with Crippen LogP contribution in [0.3, 0.4) is 0 Å². The number of allylic oxidation sites excluding steroid dienone is 2. The summed E-state index contributed by atoms with van der Waals surface area (Å²) in [6.45, 7) is 0. The van der Waals surface area contributed by atoms with E-state index in [0.717, 1.165) is 0 Å². The Morgan fingerprint density at radius 1 is 0.900 bits per heavy atom. The van der Waals surface area contributed by atoms with Crippen molar-refractivity contribution in [3.63, 3.8) is 0 Å².